The summed E-state index contributed by atoms with van der Waals surface area (Å²) < 4.78 is 0.818. The molecule has 2 bridgehead atoms. The van der Waals surface area contributed by atoms with E-state index in [-0.39, 0.29) is 18.3 Å². The van der Waals surface area contributed by atoms with E-state index < -0.39 is 0 Å². The number of benzene rings is 1. The summed E-state index contributed by atoms with van der Waals surface area (Å²) in [6, 6.07) is 6.09. The molecule has 0 spiro atoms. The van der Waals surface area contributed by atoms with Crippen LogP contribution in [0.15, 0.2) is 22.7 Å². The predicted molar refractivity (Wildman–Crippen MR) is 86.9 cm³/mol. The lowest BCUT2D eigenvalue weighted by molar-refractivity contribution is 0.0679. The van der Waals surface area contributed by atoms with Crippen LogP contribution in [0.1, 0.15) is 29.6 Å². The number of carbonyl (C=O) groups excluding carboxylic acids is 1. The van der Waals surface area contributed by atoms with Gasteiger partial charge in [0.1, 0.15) is 0 Å². The van der Waals surface area contributed by atoms with Gasteiger partial charge in [0.05, 0.1) is 5.56 Å². The Labute approximate surface area is 138 Å². The van der Waals surface area contributed by atoms with E-state index in [1.54, 1.807) is 12.1 Å². The zero-order valence-electron chi connectivity index (χ0n) is 10.9. The molecule has 1 aromatic rings. The van der Waals surface area contributed by atoms with Crippen LogP contribution in [0, 0.1) is 0 Å². The highest BCUT2D eigenvalue weighted by Crippen LogP contribution is 2.32. The smallest absolute Gasteiger partial charge is 0.255 e. The van der Waals surface area contributed by atoms with Crippen molar-refractivity contribution in [3.8, 4) is 0 Å². The molecule has 0 aromatic heterocycles. The largest absolute Gasteiger partial charge is 0.331 e. The number of fused-ring (bicyclic) bond motifs is 2. The van der Waals surface area contributed by atoms with E-state index in [1.807, 2.05) is 6.07 Å². The fourth-order valence-electron chi connectivity index (χ4n) is 3.11. The van der Waals surface area contributed by atoms with Gasteiger partial charge in [-0.15, -0.1) is 12.4 Å². The van der Waals surface area contributed by atoms with E-state index >= 15 is 0 Å². The molecule has 6 heteroatoms. The predicted octanol–water partition coefficient (Wildman–Crippen LogP) is 3.49. The number of hydrogen-bond donors (Lipinski definition) is 1. The first-order chi connectivity index (χ1) is 9.16. The van der Waals surface area contributed by atoms with Crippen molar-refractivity contribution >= 4 is 45.8 Å². The molecule has 2 aliphatic heterocycles. The van der Waals surface area contributed by atoms with E-state index in [0.717, 1.165) is 36.8 Å². The van der Waals surface area contributed by atoms with Crippen LogP contribution in [-0.4, -0.2) is 36.0 Å². The van der Waals surface area contributed by atoms with E-state index in [2.05, 4.69) is 26.1 Å². The summed E-state index contributed by atoms with van der Waals surface area (Å²) in [5.41, 5.74) is 0.672. The Bertz CT molecular complexity index is 498. The lowest BCUT2D eigenvalue weighted by atomic mass is 10.1. The second-order valence-electron chi connectivity index (χ2n) is 5.21. The van der Waals surface area contributed by atoms with Crippen molar-refractivity contribution < 1.29 is 4.79 Å². The fraction of sp³-hybridized carbons (Fsp3) is 0.500. The Hall–Kier alpha value is -0.290. The van der Waals surface area contributed by atoms with Gasteiger partial charge in [-0.25, -0.2) is 0 Å². The van der Waals surface area contributed by atoms with Gasteiger partial charge in [0.2, 0.25) is 0 Å². The Balaban J connectivity index is 0.00000147. The van der Waals surface area contributed by atoms with E-state index in [9.17, 15) is 4.79 Å². The molecule has 0 aliphatic carbocycles. The van der Waals surface area contributed by atoms with Gasteiger partial charge in [0.15, 0.2) is 0 Å². The Morgan fingerprint density at radius 3 is 2.85 bits per heavy atom. The van der Waals surface area contributed by atoms with Crippen LogP contribution in [0.2, 0.25) is 5.02 Å². The SMILES string of the molecule is Cl.O=C(c1cc(Cl)ccc1Br)N1C2CCNCC1CC2. The number of halogens is 3. The second kappa shape index (κ2) is 6.65. The van der Waals surface area contributed by atoms with Gasteiger partial charge < -0.3 is 10.2 Å². The fourth-order valence-corrected chi connectivity index (χ4v) is 3.70. The van der Waals surface area contributed by atoms with Crippen LogP contribution in [-0.2, 0) is 0 Å². The zero-order chi connectivity index (χ0) is 13.4. The zero-order valence-corrected chi connectivity index (χ0v) is 14.1. The van der Waals surface area contributed by atoms with Gasteiger partial charge in [-0.2, -0.15) is 0 Å². The molecule has 110 valence electrons. The standard InChI is InChI=1S/C14H16BrClN2O.ClH/c15-13-4-1-9(16)7-12(13)14(19)18-10-2-3-11(18)8-17-6-5-10;/h1,4,7,10-11,17H,2-3,5-6,8H2;1H. The molecule has 20 heavy (non-hydrogen) atoms. The van der Waals surface area contributed by atoms with E-state index in [4.69, 9.17) is 11.6 Å². The third-order valence-corrected chi connectivity index (χ3v) is 4.97. The van der Waals surface area contributed by atoms with Gasteiger partial charge in [0.25, 0.3) is 5.91 Å². The van der Waals surface area contributed by atoms with Crippen molar-refractivity contribution in [3.63, 3.8) is 0 Å². The minimum absolute atomic E-state index is 0. The average Bonchev–Trinajstić information content (AvgIpc) is 2.65. The molecule has 2 aliphatic rings. The molecular weight excluding hydrogens is 363 g/mol. The van der Waals surface area contributed by atoms with Crippen LogP contribution in [0.5, 0.6) is 0 Å². The summed E-state index contributed by atoms with van der Waals surface area (Å²) in [6.07, 6.45) is 3.26. The van der Waals surface area contributed by atoms with Crippen molar-refractivity contribution in [2.75, 3.05) is 13.1 Å². The lowest BCUT2D eigenvalue weighted by Crippen LogP contribution is -2.42. The first-order valence-electron chi connectivity index (χ1n) is 6.65. The Morgan fingerprint density at radius 1 is 1.30 bits per heavy atom. The summed E-state index contributed by atoms with van der Waals surface area (Å²) in [5, 5.41) is 4.01. The number of amides is 1. The van der Waals surface area contributed by atoms with Gasteiger partial charge >= 0.3 is 0 Å². The van der Waals surface area contributed by atoms with Crippen LogP contribution in [0.3, 0.4) is 0 Å². The third kappa shape index (κ3) is 2.98. The first kappa shape index (κ1) is 16.1. The van der Waals surface area contributed by atoms with Crippen molar-refractivity contribution in [1.82, 2.24) is 10.2 Å². The van der Waals surface area contributed by atoms with Crippen LogP contribution in [0.25, 0.3) is 0 Å². The maximum Gasteiger partial charge on any atom is 0.255 e. The highest BCUT2D eigenvalue weighted by molar-refractivity contribution is 9.10. The van der Waals surface area contributed by atoms with Crippen LogP contribution in [0.4, 0.5) is 0 Å². The highest BCUT2D eigenvalue weighted by Gasteiger charge is 2.38. The van der Waals surface area contributed by atoms with Gasteiger partial charge in [-0.05, 0) is 59.9 Å². The van der Waals surface area contributed by atoms with Crippen molar-refractivity contribution in [2.24, 2.45) is 0 Å². The lowest BCUT2D eigenvalue weighted by Gasteiger charge is -2.28. The Morgan fingerprint density at radius 2 is 2.05 bits per heavy atom. The van der Waals surface area contributed by atoms with Crippen LogP contribution < -0.4 is 5.32 Å². The summed E-state index contributed by atoms with van der Waals surface area (Å²) in [6.45, 7) is 1.90. The van der Waals surface area contributed by atoms with Crippen molar-refractivity contribution in [1.29, 1.82) is 0 Å². The summed E-state index contributed by atoms with van der Waals surface area (Å²) >= 11 is 9.47. The van der Waals surface area contributed by atoms with Crippen molar-refractivity contribution in [3.05, 3.63) is 33.3 Å². The second-order valence-corrected chi connectivity index (χ2v) is 6.51. The molecule has 1 N–H and O–H groups in total. The number of nitrogens with one attached hydrogen (secondary N) is 1. The van der Waals surface area contributed by atoms with E-state index in [0.29, 0.717) is 22.7 Å². The molecule has 2 fully saturated rings. The summed E-state index contributed by atoms with van der Waals surface area (Å²) in [5.74, 6) is 0.102. The Kier molecular flexibility index (Phi) is 5.35. The normalized spacial score (nSPS) is 25.0. The molecule has 0 radical (unpaired) electrons. The average molecular weight is 380 g/mol. The summed E-state index contributed by atoms with van der Waals surface area (Å²) in [7, 11) is 0. The minimum Gasteiger partial charge on any atom is -0.331 e. The maximum atomic E-state index is 12.8. The summed E-state index contributed by atoms with van der Waals surface area (Å²) in [4.78, 5) is 14.9. The number of hydrogen-bond acceptors (Lipinski definition) is 2. The van der Waals surface area contributed by atoms with E-state index in [1.165, 1.54) is 0 Å². The molecule has 3 rings (SSSR count). The van der Waals surface area contributed by atoms with Gasteiger partial charge in [-0.3, -0.25) is 4.79 Å². The number of carbonyl (C=O) groups is 1. The molecule has 2 heterocycles. The maximum absolute atomic E-state index is 12.8. The number of nitrogens with zero attached hydrogens (tertiary/aromatic N) is 1. The first-order valence-corrected chi connectivity index (χ1v) is 7.82. The third-order valence-electron chi connectivity index (χ3n) is 4.05. The molecule has 1 amide bonds. The topological polar surface area (TPSA) is 32.3 Å². The molecule has 1 aromatic carbocycles. The molecule has 2 saturated heterocycles. The quantitative estimate of drug-likeness (QED) is 0.809. The molecule has 2 unspecified atom stereocenters. The minimum atomic E-state index is 0. The van der Waals surface area contributed by atoms with Crippen LogP contribution >= 0.6 is 39.9 Å². The van der Waals surface area contributed by atoms with Crippen molar-refractivity contribution in [2.45, 2.75) is 31.3 Å². The monoisotopic (exact) mass is 378 g/mol. The van der Waals surface area contributed by atoms with Gasteiger partial charge in [0, 0.05) is 28.1 Å². The molecule has 2 atom stereocenters. The highest BCUT2D eigenvalue weighted by atomic mass is 79.9. The molecule has 0 saturated carbocycles. The molecule has 3 nitrogen and oxygen atoms in total. The molecular formula is C14H17BrCl2N2O. The van der Waals surface area contributed by atoms with Gasteiger partial charge in [-0.1, -0.05) is 11.6 Å². The number of rotatable bonds is 1.